The summed E-state index contributed by atoms with van der Waals surface area (Å²) in [6, 6.07) is 19.6. The van der Waals surface area contributed by atoms with Crippen molar-refractivity contribution in [2.45, 2.75) is 19.4 Å². The SMILES string of the molecule is COC1=NC(C)=C[C@@H](C(O)(c2ccccc2)c2ccccc2)C=C[C@H]1C. The molecule has 3 nitrogen and oxygen atoms in total. The normalized spacial score (nSPS) is 20.6. The van der Waals surface area contributed by atoms with Gasteiger partial charge < -0.3 is 9.84 Å². The van der Waals surface area contributed by atoms with Gasteiger partial charge in [-0.15, -0.1) is 0 Å². The van der Waals surface area contributed by atoms with E-state index in [0.717, 1.165) is 16.8 Å². The fourth-order valence-electron chi connectivity index (χ4n) is 3.42. The number of hydrogen-bond acceptors (Lipinski definition) is 3. The minimum atomic E-state index is -1.18. The summed E-state index contributed by atoms with van der Waals surface area (Å²) >= 11 is 0. The van der Waals surface area contributed by atoms with Crippen molar-refractivity contribution in [2.24, 2.45) is 16.8 Å². The van der Waals surface area contributed by atoms with Crippen molar-refractivity contribution < 1.29 is 9.84 Å². The number of rotatable bonds is 3. The van der Waals surface area contributed by atoms with E-state index in [1.807, 2.05) is 86.7 Å². The van der Waals surface area contributed by atoms with Gasteiger partial charge in [-0.25, -0.2) is 4.99 Å². The Morgan fingerprint density at radius 1 is 0.923 bits per heavy atom. The molecule has 26 heavy (non-hydrogen) atoms. The quantitative estimate of drug-likeness (QED) is 0.818. The van der Waals surface area contributed by atoms with E-state index in [2.05, 4.69) is 11.1 Å². The molecule has 2 aromatic rings. The van der Waals surface area contributed by atoms with Crippen molar-refractivity contribution in [2.75, 3.05) is 7.11 Å². The number of benzene rings is 2. The predicted octanol–water partition coefficient (Wildman–Crippen LogP) is 4.69. The summed E-state index contributed by atoms with van der Waals surface area (Å²) in [5.74, 6) is 0.468. The Hall–Kier alpha value is -2.65. The molecule has 0 unspecified atom stereocenters. The molecule has 134 valence electrons. The molecule has 0 radical (unpaired) electrons. The average Bonchev–Trinajstić information content (AvgIpc) is 2.68. The zero-order chi connectivity index (χ0) is 18.6. The van der Waals surface area contributed by atoms with Gasteiger partial charge in [0.1, 0.15) is 5.60 Å². The zero-order valence-electron chi connectivity index (χ0n) is 15.5. The van der Waals surface area contributed by atoms with Gasteiger partial charge in [0.05, 0.1) is 13.0 Å². The van der Waals surface area contributed by atoms with Crippen molar-refractivity contribution >= 4 is 5.90 Å². The molecule has 1 aliphatic heterocycles. The van der Waals surface area contributed by atoms with Gasteiger partial charge in [0.2, 0.25) is 0 Å². The first-order valence-electron chi connectivity index (χ1n) is 8.88. The molecule has 1 aliphatic rings. The van der Waals surface area contributed by atoms with Crippen LogP contribution in [0.15, 0.2) is 89.6 Å². The van der Waals surface area contributed by atoms with Crippen LogP contribution >= 0.6 is 0 Å². The second-order valence-electron chi connectivity index (χ2n) is 6.66. The molecule has 1 heterocycles. The second kappa shape index (κ2) is 7.71. The molecule has 0 amide bonds. The van der Waals surface area contributed by atoms with Gasteiger partial charge >= 0.3 is 0 Å². The Morgan fingerprint density at radius 3 is 1.96 bits per heavy atom. The third-order valence-corrected chi connectivity index (χ3v) is 4.82. The molecule has 0 fully saturated rings. The number of methoxy groups -OCH3 is 1. The Bertz CT molecular complexity index is 782. The van der Waals surface area contributed by atoms with E-state index < -0.39 is 5.60 Å². The molecule has 0 saturated heterocycles. The van der Waals surface area contributed by atoms with Crippen LogP contribution in [0.5, 0.6) is 0 Å². The molecule has 0 aromatic heterocycles. The third-order valence-electron chi connectivity index (χ3n) is 4.82. The van der Waals surface area contributed by atoms with E-state index in [1.54, 1.807) is 7.11 Å². The topological polar surface area (TPSA) is 41.8 Å². The summed E-state index contributed by atoms with van der Waals surface area (Å²) in [4.78, 5) is 4.58. The van der Waals surface area contributed by atoms with Crippen LogP contribution in [0.1, 0.15) is 25.0 Å². The fourth-order valence-corrected chi connectivity index (χ4v) is 3.42. The van der Waals surface area contributed by atoms with Crippen LogP contribution in [-0.2, 0) is 10.3 Å². The second-order valence-corrected chi connectivity index (χ2v) is 6.66. The standard InChI is InChI=1S/C23H25NO2/c1-17-14-15-21(16-18(2)24-22(17)26-3)23(25,19-10-6-4-7-11-19)20-12-8-5-9-13-20/h4-17,21,25H,1-3H3/t17-,21+/m1/s1. The molecule has 2 aromatic carbocycles. The van der Waals surface area contributed by atoms with Crippen LogP contribution in [-0.4, -0.2) is 18.1 Å². The molecular weight excluding hydrogens is 322 g/mol. The lowest BCUT2D eigenvalue weighted by Crippen LogP contribution is -2.35. The molecular formula is C23H25NO2. The van der Waals surface area contributed by atoms with Crippen molar-refractivity contribution in [3.05, 3.63) is 95.7 Å². The predicted molar refractivity (Wildman–Crippen MR) is 106 cm³/mol. The lowest BCUT2D eigenvalue weighted by Gasteiger charge is -2.35. The average molecular weight is 347 g/mol. The lowest BCUT2D eigenvalue weighted by molar-refractivity contribution is 0.0535. The molecule has 0 spiro atoms. The summed E-state index contributed by atoms with van der Waals surface area (Å²) in [5, 5.41) is 11.9. The Balaban J connectivity index is 2.17. The van der Waals surface area contributed by atoms with Crippen LogP contribution in [0.3, 0.4) is 0 Å². The number of aliphatic imine (C=N–C) groups is 1. The highest BCUT2D eigenvalue weighted by molar-refractivity contribution is 5.81. The highest BCUT2D eigenvalue weighted by Crippen LogP contribution is 2.39. The van der Waals surface area contributed by atoms with E-state index in [1.165, 1.54) is 0 Å². The summed E-state index contributed by atoms with van der Waals surface area (Å²) in [6.07, 6.45) is 6.11. The highest BCUT2D eigenvalue weighted by atomic mass is 16.5. The van der Waals surface area contributed by atoms with E-state index in [4.69, 9.17) is 4.74 Å². The van der Waals surface area contributed by atoms with Gasteiger partial charge in [0.25, 0.3) is 0 Å². The highest BCUT2D eigenvalue weighted by Gasteiger charge is 2.38. The van der Waals surface area contributed by atoms with E-state index >= 15 is 0 Å². The molecule has 0 aliphatic carbocycles. The smallest absolute Gasteiger partial charge is 0.194 e. The van der Waals surface area contributed by atoms with Crippen molar-refractivity contribution in [1.29, 1.82) is 0 Å². The molecule has 0 bridgehead atoms. The fraction of sp³-hybridized carbons (Fsp3) is 0.261. The van der Waals surface area contributed by atoms with Crippen molar-refractivity contribution in [1.82, 2.24) is 0 Å². The number of nitrogens with zero attached hydrogens (tertiary/aromatic N) is 1. The van der Waals surface area contributed by atoms with Gasteiger partial charge in [-0.2, -0.15) is 0 Å². The van der Waals surface area contributed by atoms with Gasteiger partial charge in [-0.1, -0.05) is 85.8 Å². The van der Waals surface area contributed by atoms with Crippen molar-refractivity contribution in [3.63, 3.8) is 0 Å². The number of aliphatic hydroxyl groups is 1. The van der Waals surface area contributed by atoms with E-state index in [9.17, 15) is 5.11 Å². The summed E-state index contributed by atoms with van der Waals surface area (Å²) in [5.41, 5.74) is 1.36. The van der Waals surface area contributed by atoms with E-state index in [-0.39, 0.29) is 11.8 Å². The molecule has 3 heteroatoms. The van der Waals surface area contributed by atoms with Gasteiger partial charge in [-0.3, -0.25) is 0 Å². The summed E-state index contributed by atoms with van der Waals surface area (Å²) in [6.45, 7) is 3.98. The summed E-state index contributed by atoms with van der Waals surface area (Å²) < 4.78 is 5.39. The largest absolute Gasteiger partial charge is 0.484 e. The van der Waals surface area contributed by atoms with Crippen LogP contribution in [0.2, 0.25) is 0 Å². The third kappa shape index (κ3) is 3.49. The monoisotopic (exact) mass is 347 g/mol. The molecule has 3 rings (SSSR count). The van der Waals surface area contributed by atoms with Crippen LogP contribution in [0.25, 0.3) is 0 Å². The molecule has 1 N–H and O–H groups in total. The first kappa shape index (κ1) is 18.2. The number of ether oxygens (including phenoxy) is 1. The number of hydrogen-bond donors (Lipinski definition) is 1. The minimum Gasteiger partial charge on any atom is -0.484 e. The van der Waals surface area contributed by atoms with Crippen LogP contribution in [0, 0.1) is 11.8 Å². The van der Waals surface area contributed by atoms with Crippen LogP contribution < -0.4 is 0 Å². The summed E-state index contributed by atoms with van der Waals surface area (Å²) in [7, 11) is 1.64. The maximum absolute atomic E-state index is 11.9. The lowest BCUT2D eigenvalue weighted by atomic mass is 9.75. The van der Waals surface area contributed by atoms with Gasteiger partial charge in [0, 0.05) is 11.6 Å². The van der Waals surface area contributed by atoms with Crippen LogP contribution in [0.4, 0.5) is 0 Å². The first-order chi connectivity index (χ1) is 12.6. The maximum Gasteiger partial charge on any atom is 0.194 e. The Labute approximate surface area is 155 Å². The first-order valence-corrected chi connectivity index (χ1v) is 8.88. The minimum absolute atomic E-state index is 0.0435. The Kier molecular flexibility index (Phi) is 5.38. The van der Waals surface area contributed by atoms with Gasteiger partial charge in [-0.05, 0) is 18.1 Å². The van der Waals surface area contributed by atoms with Gasteiger partial charge in [0.15, 0.2) is 5.90 Å². The van der Waals surface area contributed by atoms with E-state index in [0.29, 0.717) is 5.90 Å². The Morgan fingerprint density at radius 2 is 1.46 bits per heavy atom. The number of allylic oxidation sites excluding steroid dienone is 1. The molecule has 2 atom stereocenters. The molecule has 0 saturated carbocycles. The maximum atomic E-state index is 11.9. The van der Waals surface area contributed by atoms with Crippen molar-refractivity contribution in [3.8, 4) is 0 Å². The zero-order valence-corrected chi connectivity index (χ0v) is 15.5.